The van der Waals surface area contributed by atoms with Crippen LogP contribution in [-0.4, -0.2) is 65.0 Å². The van der Waals surface area contributed by atoms with Crippen LogP contribution in [0.2, 0.25) is 0 Å². The van der Waals surface area contributed by atoms with Gasteiger partial charge < -0.3 is 14.9 Å². The lowest BCUT2D eigenvalue weighted by Crippen LogP contribution is -2.61. The normalized spacial score (nSPS) is 19.7. The second-order valence-corrected chi connectivity index (χ2v) is 8.94. The van der Waals surface area contributed by atoms with Crippen molar-refractivity contribution in [3.05, 3.63) is 0 Å². The molecule has 0 saturated carbocycles. The minimum absolute atomic E-state index is 0.0413. The highest BCUT2D eigenvalue weighted by Crippen LogP contribution is 2.30. The van der Waals surface area contributed by atoms with Crippen LogP contribution in [0.15, 0.2) is 9.98 Å². The van der Waals surface area contributed by atoms with Gasteiger partial charge >= 0.3 is 0 Å². The highest BCUT2D eigenvalue weighted by atomic mass is 16.3. The molecule has 5 heteroatoms. The van der Waals surface area contributed by atoms with Crippen molar-refractivity contribution in [2.75, 3.05) is 26.2 Å². The van der Waals surface area contributed by atoms with Gasteiger partial charge in [-0.1, -0.05) is 71.6 Å². The first kappa shape index (κ1) is 24.2. The van der Waals surface area contributed by atoms with Gasteiger partial charge in [0.25, 0.3) is 0 Å². The molecule has 29 heavy (non-hydrogen) atoms. The maximum atomic E-state index is 11.8. The SMILES string of the molecule is CCCCCCCCC1=NCCN1C(C)C(O)(CCCCCCC)N1C=NCC1. The molecule has 2 aliphatic rings. The number of hydrogen-bond donors (Lipinski definition) is 1. The van der Waals surface area contributed by atoms with E-state index in [1.807, 2.05) is 6.34 Å². The molecular weight excluding hydrogens is 360 g/mol. The van der Waals surface area contributed by atoms with Gasteiger partial charge in [0.15, 0.2) is 5.72 Å². The predicted octanol–water partition coefficient (Wildman–Crippen LogP) is 5.23. The van der Waals surface area contributed by atoms with Gasteiger partial charge in [0, 0.05) is 19.5 Å². The molecule has 2 rings (SSSR count). The Hall–Kier alpha value is -1.10. The van der Waals surface area contributed by atoms with E-state index in [-0.39, 0.29) is 6.04 Å². The van der Waals surface area contributed by atoms with Crippen molar-refractivity contribution in [1.29, 1.82) is 0 Å². The van der Waals surface area contributed by atoms with Crippen LogP contribution in [0.5, 0.6) is 0 Å². The standard InChI is InChI=1S/C24H46N4O/c1-4-6-8-10-11-13-15-23-26-18-20-28(23)22(3)24(29,27-19-17-25-21-27)16-14-12-9-7-5-2/h21-22,29H,4-20H2,1-3H3. The molecule has 168 valence electrons. The monoisotopic (exact) mass is 406 g/mol. The lowest BCUT2D eigenvalue weighted by Gasteiger charge is -2.46. The molecule has 0 aromatic rings. The quantitative estimate of drug-likeness (QED) is 0.357. The zero-order chi connectivity index (χ0) is 21.0. The van der Waals surface area contributed by atoms with E-state index in [1.54, 1.807) is 0 Å². The number of aliphatic imine (C=N–C) groups is 2. The highest BCUT2D eigenvalue weighted by molar-refractivity contribution is 5.84. The molecule has 0 radical (unpaired) electrons. The Morgan fingerprint density at radius 3 is 2.24 bits per heavy atom. The van der Waals surface area contributed by atoms with Crippen LogP contribution in [0, 0.1) is 0 Å². The van der Waals surface area contributed by atoms with Crippen LogP contribution < -0.4 is 0 Å². The Morgan fingerprint density at radius 1 is 0.931 bits per heavy atom. The van der Waals surface area contributed by atoms with Gasteiger partial charge in [-0.15, -0.1) is 0 Å². The fraction of sp³-hybridized carbons (Fsp3) is 0.917. The topological polar surface area (TPSA) is 51.4 Å². The smallest absolute Gasteiger partial charge is 0.159 e. The lowest BCUT2D eigenvalue weighted by molar-refractivity contribution is -0.114. The predicted molar refractivity (Wildman–Crippen MR) is 125 cm³/mol. The molecule has 5 nitrogen and oxygen atoms in total. The fourth-order valence-electron chi connectivity index (χ4n) is 4.71. The molecule has 0 bridgehead atoms. The van der Waals surface area contributed by atoms with E-state index in [9.17, 15) is 5.11 Å². The Balaban J connectivity index is 1.91. The Bertz CT molecular complexity index is 507. The first-order valence-electron chi connectivity index (χ1n) is 12.4. The van der Waals surface area contributed by atoms with Crippen LogP contribution in [0.3, 0.4) is 0 Å². The van der Waals surface area contributed by atoms with Gasteiger partial charge in [-0.2, -0.15) is 0 Å². The maximum absolute atomic E-state index is 11.8. The highest BCUT2D eigenvalue weighted by Gasteiger charge is 2.43. The number of rotatable bonds is 16. The number of amidine groups is 1. The van der Waals surface area contributed by atoms with E-state index in [0.717, 1.165) is 45.4 Å². The van der Waals surface area contributed by atoms with Crippen molar-refractivity contribution < 1.29 is 5.11 Å². The summed E-state index contributed by atoms with van der Waals surface area (Å²) in [4.78, 5) is 13.7. The third kappa shape index (κ3) is 7.27. The zero-order valence-electron chi connectivity index (χ0n) is 19.4. The van der Waals surface area contributed by atoms with Crippen molar-refractivity contribution in [2.24, 2.45) is 9.98 Å². The van der Waals surface area contributed by atoms with Crippen molar-refractivity contribution in [2.45, 2.75) is 116 Å². The summed E-state index contributed by atoms with van der Waals surface area (Å²) < 4.78 is 0. The summed E-state index contributed by atoms with van der Waals surface area (Å²) in [5.74, 6) is 1.22. The molecule has 0 amide bonds. The van der Waals surface area contributed by atoms with Crippen LogP contribution in [-0.2, 0) is 0 Å². The minimum atomic E-state index is -0.849. The van der Waals surface area contributed by atoms with Gasteiger partial charge in [0.2, 0.25) is 0 Å². The van der Waals surface area contributed by atoms with Gasteiger partial charge in [0.05, 0.1) is 31.3 Å². The third-order valence-corrected chi connectivity index (χ3v) is 6.69. The van der Waals surface area contributed by atoms with E-state index in [2.05, 4.69) is 35.6 Å². The molecule has 2 heterocycles. The number of aliphatic hydroxyl groups is 1. The van der Waals surface area contributed by atoms with Gasteiger partial charge in [-0.05, 0) is 26.2 Å². The molecule has 0 spiro atoms. The molecule has 0 fully saturated rings. The Morgan fingerprint density at radius 2 is 1.59 bits per heavy atom. The van der Waals surface area contributed by atoms with Crippen LogP contribution >= 0.6 is 0 Å². The summed E-state index contributed by atoms with van der Waals surface area (Å²) in [5, 5.41) is 11.8. The summed E-state index contributed by atoms with van der Waals surface area (Å²) in [6, 6.07) is 0.0413. The van der Waals surface area contributed by atoms with Crippen LogP contribution in [0.1, 0.15) is 104 Å². The Labute approximate surface area is 179 Å². The van der Waals surface area contributed by atoms with Crippen molar-refractivity contribution >= 4 is 12.2 Å². The first-order valence-corrected chi connectivity index (χ1v) is 12.4. The molecule has 1 N–H and O–H groups in total. The summed E-state index contributed by atoms with van der Waals surface area (Å²) in [7, 11) is 0. The summed E-state index contributed by atoms with van der Waals surface area (Å²) in [5.41, 5.74) is -0.849. The van der Waals surface area contributed by atoms with E-state index in [1.165, 1.54) is 70.0 Å². The van der Waals surface area contributed by atoms with E-state index < -0.39 is 5.72 Å². The molecule has 0 aromatic carbocycles. The van der Waals surface area contributed by atoms with Crippen molar-refractivity contribution in [3.8, 4) is 0 Å². The average molecular weight is 407 g/mol. The van der Waals surface area contributed by atoms with E-state index >= 15 is 0 Å². The van der Waals surface area contributed by atoms with E-state index in [4.69, 9.17) is 4.99 Å². The van der Waals surface area contributed by atoms with Gasteiger partial charge in [0.1, 0.15) is 0 Å². The molecule has 2 atom stereocenters. The second-order valence-electron chi connectivity index (χ2n) is 8.94. The molecule has 2 aliphatic heterocycles. The zero-order valence-corrected chi connectivity index (χ0v) is 19.4. The maximum Gasteiger partial charge on any atom is 0.159 e. The second kappa shape index (κ2) is 13.3. The first-order chi connectivity index (χ1) is 14.1. The molecule has 0 aliphatic carbocycles. The molecule has 0 saturated heterocycles. The Kier molecular flexibility index (Phi) is 11.0. The van der Waals surface area contributed by atoms with Gasteiger partial charge in [-0.3, -0.25) is 9.98 Å². The van der Waals surface area contributed by atoms with Crippen molar-refractivity contribution in [3.63, 3.8) is 0 Å². The molecule has 0 aromatic heterocycles. The number of nitrogens with zero attached hydrogens (tertiary/aromatic N) is 4. The van der Waals surface area contributed by atoms with Gasteiger partial charge in [-0.25, -0.2) is 0 Å². The minimum Gasteiger partial charge on any atom is -0.369 e. The van der Waals surface area contributed by atoms with Crippen LogP contribution in [0.25, 0.3) is 0 Å². The third-order valence-electron chi connectivity index (χ3n) is 6.69. The largest absolute Gasteiger partial charge is 0.369 e. The number of unbranched alkanes of at least 4 members (excludes halogenated alkanes) is 9. The number of hydrogen-bond acceptors (Lipinski definition) is 5. The summed E-state index contributed by atoms with van der Waals surface area (Å²) >= 11 is 0. The van der Waals surface area contributed by atoms with Crippen LogP contribution in [0.4, 0.5) is 0 Å². The van der Waals surface area contributed by atoms with E-state index in [0.29, 0.717) is 0 Å². The van der Waals surface area contributed by atoms with Crippen molar-refractivity contribution in [1.82, 2.24) is 9.80 Å². The average Bonchev–Trinajstić information content (AvgIpc) is 3.42. The fourth-order valence-corrected chi connectivity index (χ4v) is 4.71. The molecule has 2 unspecified atom stereocenters. The summed E-state index contributed by atoms with van der Waals surface area (Å²) in [6.45, 7) is 10.1. The molecular formula is C24H46N4O. The summed E-state index contributed by atoms with van der Waals surface area (Å²) in [6.07, 6.45) is 17.7. The lowest BCUT2D eigenvalue weighted by atomic mass is 9.94.